The van der Waals surface area contributed by atoms with Crippen LogP contribution in [0.15, 0.2) is 36.7 Å². The molecule has 1 amide bonds. The number of amides is 1. The van der Waals surface area contributed by atoms with Crippen molar-refractivity contribution in [3.05, 3.63) is 53.3 Å². The second-order valence-corrected chi connectivity index (χ2v) is 7.03. The minimum absolute atomic E-state index is 0.220. The Bertz CT molecular complexity index is 708. The normalized spacial score (nSPS) is 26.5. The molecular weight excluding hydrogens is 286 g/mol. The van der Waals surface area contributed by atoms with Gasteiger partial charge in [-0.05, 0) is 57.2 Å². The van der Waals surface area contributed by atoms with Gasteiger partial charge in [-0.1, -0.05) is 17.7 Å². The van der Waals surface area contributed by atoms with Gasteiger partial charge < -0.3 is 4.90 Å². The number of aromatic nitrogens is 2. The molecule has 0 N–H and O–H groups in total. The highest BCUT2D eigenvalue weighted by Crippen LogP contribution is 2.41. The highest BCUT2D eigenvalue weighted by atomic mass is 16.2. The minimum Gasteiger partial charge on any atom is -0.333 e. The van der Waals surface area contributed by atoms with E-state index >= 15 is 0 Å². The molecule has 23 heavy (non-hydrogen) atoms. The van der Waals surface area contributed by atoms with Crippen LogP contribution in [0.3, 0.4) is 0 Å². The lowest BCUT2D eigenvalue weighted by atomic mass is 9.95. The summed E-state index contributed by atoms with van der Waals surface area (Å²) < 4.78 is 2.07. The van der Waals surface area contributed by atoms with E-state index in [-0.39, 0.29) is 5.91 Å². The predicted molar refractivity (Wildman–Crippen MR) is 89.4 cm³/mol. The van der Waals surface area contributed by atoms with Gasteiger partial charge >= 0.3 is 0 Å². The van der Waals surface area contributed by atoms with Crippen LogP contribution in [0.1, 0.15) is 53.2 Å². The van der Waals surface area contributed by atoms with E-state index < -0.39 is 0 Å². The van der Waals surface area contributed by atoms with E-state index in [0.29, 0.717) is 18.1 Å². The molecule has 2 saturated heterocycles. The summed E-state index contributed by atoms with van der Waals surface area (Å²) >= 11 is 0. The average Bonchev–Trinajstić information content (AvgIpc) is 3.16. The van der Waals surface area contributed by atoms with Gasteiger partial charge in [0.2, 0.25) is 0 Å². The van der Waals surface area contributed by atoms with E-state index in [0.717, 1.165) is 42.4 Å². The van der Waals surface area contributed by atoms with Gasteiger partial charge in [0.25, 0.3) is 5.91 Å². The van der Waals surface area contributed by atoms with E-state index in [1.807, 2.05) is 31.5 Å². The number of piperidine rings is 1. The number of hydrogen-bond donors (Lipinski definition) is 0. The third-order valence-electron chi connectivity index (χ3n) is 5.47. The van der Waals surface area contributed by atoms with Crippen molar-refractivity contribution in [1.82, 2.24) is 14.7 Å². The summed E-state index contributed by atoms with van der Waals surface area (Å²) in [6, 6.07) is 9.30. The minimum atomic E-state index is 0.220. The molecule has 2 aliphatic heterocycles. The van der Waals surface area contributed by atoms with Crippen molar-refractivity contribution in [2.24, 2.45) is 0 Å². The summed E-state index contributed by atoms with van der Waals surface area (Å²) in [6.07, 6.45) is 8.18. The summed E-state index contributed by atoms with van der Waals surface area (Å²) in [4.78, 5) is 15.3. The number of fused-ring (bicyclic) bond motifs is 2. The molecule has 2 unspecified atom stereocenters. The molecule has 0 saturated carbocycles. The second-order valence-electron chi connectivity index (χ2n) is 7.03. The number of rotatable bonds is 2. The second kappa shape index (κ2) is 5.52. The molecule has 2 atom stereocenters. The molecule has 0 spiro atoms. The van der Waals surface area contributed by atoms with Crippen LogP contribution in [-0.2, 0) is 0 Å². The molecule has 1 aromatic heterocycles. The van der Waals surface area contributed by atoms with Crippen molar-refractivity contribution in [3.8, 4) is 0 Å². The van der Waals surface area contributed by atoms with Gasteiger partial charge in [-0.15, -0.1) is 0 Å². The van der Waals surface area contributed by atoms with E-state index in [2.05, 4.69) is 33.7 Å². The molecule has 2 bridgehead atoms. The van der Waals surface area contributed by atoms with Crippen molar-refractivity contribution in [2.45, 2.75) is 57.7 Å². The topological polar surface area (TPSA) is 38.1 Å². The lowest BCUT2D eigenvalue weighted by Gasteiger charge is -2.39. The van der Waals surface area contributed by atoms with Gasteiger partial charge in [0.05, 0.1) is 6.04 Å². The van der Waals surface area contributed by atoms with E-state index in [9.17, 15) is 4.79 Å². The van der Waals surface area contributed by atoms with Crippen LogP contribution in [0.25, 0.3) is 0 Å². The Kier molecular flexibility index (Phi) is 3.47. The Labute approximate surface area is 137 Å². The SMILES string of the molecule is Cc1ccc(C)c(C(=O)N2C3CCC2CC(n2cccn2)C3)c1. The quantitative estimate of drug-likeness (QED) is 0.851. The molecule has 4 rings (SSSR count). The summed E-state index contributed by atoms with van der Waals surface area (Å²) in [7, 11) is 0. The standard InChI is InChI=1S/C19H23N3O/c1-13-4-5-14(2)18(10-13)19(23)22-15-6-7-16(22)12-17(11-15)21-9-3-8-20-21/h3-5,8-10,15-17H,6-7,11-12H2,1-2H3. The largest absolute Gasteiger partial charge is 0.333 e. The Morgan fingerprint density at radius 1 is 1.13 bits per heavy atom. The average molecular weight is 309 g/mol. The predicted octanol–water partition coefficient (Wildman–Crippen LogP) is 3.51. The van der Waals surface area contributed by atoms with Gasteiger partial charge in [-0.2, -0.15) is 5.10 Å². The van der Waals surface area contributed by atoms with Gasteiger partial charge in [0.15, 0.2) is 0 Å². The molecule has 120 valence electrons. The highest BCUT2D eigenvalue weighted by molar-refractivity contribution is 5.96. The molecule has 2 aliphatic rings. The Hall–Kier alpha value is -2.10. The number of benzene rings is 1. The lowest BCUT2D eigenvalue weighted by molar-refractivity contribution is 0.0523. The van der Waals surface area contributed by atoms with Crippen molar-refractivity contribution >= 4 is 5.91 Å². The van der Waals surface area contributed by atoms with Crippen LogP contribution in [0, 0.1) is 13.8 Å². The zero-order valence-corrected chi connectivity index (χ0v) is 13.8. The van der Waals surface area contributed by atoms with E-state index in [1.165, 1.54) is 0 Å². The van der Waals surface area contributed by atoms with Crippen LogP contribution < -0.4 is 0 Å². The number of carbonyl (C=O) groups excluding carboxylic acids is 1. The van der Waals surface area contributed by atoms with E-state index in [4.69, 9.17) is 0 Å². The molecule has 4 nitrogen and oxygen atoms in total. The Balaban J connectivity index is 1.59. The first-order chi connectivity index (χ1) is 11.1. The molecule has 0 radical (unpaired) electrons. The fourth-order valence-electron chi connectivity index (χ4n) is 4.30. The summed E-state index contributed by atoms with van der Waals surface area (Å²) in [6.45, 7) is 4.08. The Morgan fingerprint density at radius 3 is 2.52 bits per heavy atom. The van der Waals surface area contributed by atoms with Gasteiger partial charge in [-0.3, -0.25) is 9.48 Å². The molecule has 4 heteroatoms. The zero-order chi connectivity index (χ0) is 16.0. The molecule has 2 aromatic rings. The van der Waals surface area contributed by atoms with Crippen molar-refractivity contribution in [2.75, 3.05) is 0 Å². The third kappa shape index (κ3) is 2.46. The van der Waals surface area contributed by atoms with Crippen LogP contribution in [0.5, 0.6) is 0 Å². The molecule has 1 aromatic carbocycles. The maximum absolute atomic E-state index is 13.1. The first kappa shape index (κ1) is 14.5. The smallest absolute Gasteiger partial charge is 0.254 e. The molecular formula is C19H23N3O. The maximum Gasteiger partial charge on any atom is 0.254 e. The van der Waals surface area contributed by atoms with Crippen LogP contribution in [0.2, 0.25) is 0 Å². The van der Waals surface area contributed by atoms with Crippen molar-refractivity contribution in [1.29, 1.82) is 0 Å². The number of aryl methyl sites for hydroxylation is 2. The summed E-state index contributed by atoms with van der Waals surface area (Å²) in [5.74, 6) is 0.220. The van der Waals surface area contributed by atoms with Gasteiger partial charge in [0, 0.05) is 30.0 Å². The number of hydrogen-bond acceptors (Lipinski definition) is 2. The van der Waals surface area contributed by atoms with Crippen LogP contribution in [0.4, 0.5) is 0 Å². The molecule has 2 fully saturated rings. The lowest BCUT2D eigenvalue weighted by Crippen LogP contribution is -2.47. The number of carbonyl (C=O) groups is 1. The van der Waals surface area contributed by atoms with E-state index in [1.54, 1.807) is 0 Å². The summed E-state index contributed by atoms with van der Waals surface area (Å²) in [5, 5.41) is 4.40. The monoisotopic (exact) mass is 309 g/mol. The number of nitrogens with zero attached hydrogens (tertiary/aromatic N) is 3. The van der Waals surface area contributed by atoms with Gasteiger partial charge in [0.1, 0.15) is 0 Å². The summed E-state index contributed by atoms with van der Waals surface area (Å²) in [5.41, 5.74) is 3.10. The van der Waals surface area contributed by atoms with Gasteiger partial charge in [-0.25, -0.2) is 0 Å². The highest BCUT2D eigenvalue weighted by Gasteiger charge is 2.44. The van der Waals surface area contributed by atoms with Crippen molar-refractivity contribution in [3.63, 3.8) is 0 Å². The Morgan fingerprint density at radius 2 is 1.87 bits per heavy atom. The first-order valence-corrected chi connectivity index (χ1v) is 8.52. The fraction of sp³-hybridized carbons (Fsp3) is 0.474. The first-order valence-electron chi connectivity index (χ1n) is 8.52. The van der Waals surface area contributed by atoms with Crippen LogP contribution in [-0.4, -0.2) is 32.7 Å². The third-order valence-corrected chi connectivity index (χ3v) is 5.47. The van der Waals surface area contributed by atoms with Crippen LogP contribution >= 0.6 is 0 Å². The fourth-order valence-corrected chi connectivity index (χ4v) is 4.30. The zero-order valence-electron chi connectivity index (χ0n) is 13.8. The maximum atomic E-state index is 13.1. The molecule has 0 aliphatic carbocycles. The van der Waals surface area contributed by atoms with Crippen molar-refractivity contribution < 1.29 is 4.79 Å². The molecule has 3 heterocycles.